The Morgan fingerprint density at radius 3 is 2.55 bits per heavy atom. The van der Waals surface area contributed by atoms with E-state index < -0.39 is 52.9 Å². The van der Waals surface area contributed by atoms with E-state index in [2.05, 4.69) is 0 Å². The van der Waals surface area contributed by atoms with Crippen molar-refractivity contribution in [3.05, 3.63) is 23.8 Å². The van der Waals surface area contributed by atoms with Crippen LogP contribution in [0.2, 0.25) is 0 Å². The van der Waals surface area contributed by atoms with Crippen molar-refractivity contribution in [1.29, 1.82) is 0 Å². The van der Waals surface area contributed by atoms with E-state index >= 15 is 0 Å². The third-order valence-corrected chi connectivity index (χ3v) is 8.94. The van der Waals surface area contributed by atoms with Crippen LogP contribution in [0.15, 0.2) is 23.8 Å². The number of hydrogen-bond donors (Lipinski definition) is 3. The minimum Gasteiger partial charge on any atom is -0.458 e. The van der Waals surface area contributed by atoms with Crippen LogP contribution in [0.25, 0.3) is 0 Å². The fourth-order valence-corrected chi connectivity index (χ4v) is 7.49. The largest absolute Gasteiger partial charge is 0.458 e. The summed E-state index contributed by atoms with van der Waals surface area (Å²) >= 11 is 0. The van der Waals surface area contributed by atoms with Gasteiger partial charge in [0.2, 0.25) is 5.78 Å². The van der Waals surface area contributed by atoms with Gasteiger partial charge in [-0.15, -0.1) is 0 Å². The lowest BCUT2D eigenvalue weighted by molar-refractivity contribution is -0.196. The van der Waals surface area contributed by atoms with Gasteiger partial charge in [-0.05, 0) is 49.2 Å². The summed E-state index contributed by atoms with van der Waals surface area (Å²) in [7, 11) is 0. The number of hydrogen-bond acceptors (Lipinski definition) is 7. The van der Waals surface area contributed by atoms with Gasteiger partial charge in [0.25, 0.3) is 0 Å². The molecule has 170 valence electrons. The van der Waals surface area contributed by atoms with E-state index in [4.69, 9.17) is 4.74 Å². The third-order valence-electron chi connectivity index (χ3n) is 8.94. The van der Waals surface area contributed by atoms with Crippen LogP contribution in [0.1, 0.15) is 47.0 Å². The van der Waals surface area contributed by atoms with Gasteiger partial charge >= 0.3 is 5.97 Å². The average molecular weight is 433 g/mol. The van der Waals surface area contributed by atoms with Crippen molar-refractivity contribution in [2.24, 2.45) is 34.5 Å². The molecule has 4 aliphatic carbocycles. The maximum Gasteiger partial charge on any atom is 0.303 e. The Bertz CT molecular complexity index is 890. The zero-order chi connectivity index (χ0) is 22.9. The quantitative estimate of drug-likeness (QED) is 0.576. The molecule has 7 heteroatoms. The van der Waals surface area contributed by atoms with Gasteiger partial charge in [-0.3, -0.25) is 14.4 Å². The molecule has 0 amide bonds. The van der Waals surface area contributed by atoms with Crippen molar-refractivity contribution < 1.29 is 34.4 Å². The lowest BCUT2D eigenvalue weighted by atomic mass is 9.45. The van der Waals surface area contributed by atoms with E-state index in [1.165, 1.54) is 13.0 Å². The van der Waals surface area contributed by atoms with E-state index in [-0.39, 0.29) is 30.0 Å². The topological polar surface area (TPSA) is 121 Å². The predicted molar refractivity (Wildman–Crippen MR) is 111 cm³/mol. The highest BCUT2D eigenvalue weighted by Gasteiger charge is 2.71. The first-order valence-electron chi connectivity index (χ1n) is 11.1. The second-order valence-corrected chi connectivity index (χ2v) is 10.5. The van der Waals surface area contributed by atoms with Crippen molar-refractivity contribution >= 4 is 17.5 Å². The first-order chi connectivity index (χ1) is 14.4. The molecular formula is C24H32O7. The molecule has 0 aromatic heterocycles. The van der Waals surface area contributed by atoms with Gasteiger partial charge in [0.15, 0.2) is 12.4 Å². The second-order valence-electron chi connectivity index (χ2n) is 10.5. The molecule has 3 N–H and O–H groups in total. The predicted octanol–water partition coefficient (Wildman–Crippen LogP) is 1.35. The standard InChI is InChI=1S/C24H32O7/c1-12-7-16-20-17(27)9-14-8-15(26)5-6-22(14,3)21(20)18(28)10-23(16,4)24(12,30)19(29)11-31-13(2)25/h5-6,8,12,16-18,20-21,27-28,30H,7,9-11H2,1-4H3/t12-,16+,17+,18+,20-,21+,22+,23+,24+/m1/s1. The molecule has 31 heavy (non-hydrogen) atoms. The molecule has 0 radical (unpaired) electrons. The molecule has 0 saturated heterocycles. The van der Waals surface area contributed by atoms with Gasteiger partial charge in [-0.1, -0.05) is 32.4 Å². The number of fused-ring (bicyclic) bond motifs is 5. The summed E-state index contributed by atoms with van der Waals surface area (Å²) < 4.78 is 4.90. The van der Waals surface area contributed by atoms with Crippen LogP contribution in [0.3, 0.4) is 0 Å². The molecule has 3 fully saturated rings. The maximum absolute atomic E-state index is 13.1. The fourth-order valence-electron chi connectivity index (χ4n) is 7.49. The number of carbonyl (C=O) groups excluding carboxylic acids is 3. The van der Waals surface area contributed by atoms with E-state index in [9.17, 15) is 29.7 Å². The zero-order valence-corrected chi connectivity index (χ0v) is 18.5. The van der Waals surface area contributed by atoms with Crippen molar-refractivity contribution in [3.63, 3.8) is 0 Å². The number of aliphatic hydroxyl groups excluding tert-OH is 2. The smallest absolute Gasteiger partial charge is 0.303 e. The number of allylic oxidation sites excluding steroid dienone is 3. The minimum atomic E-state index is -1.77. The molecule has 0 aromatic rings. The summed E-state index contributed by atoms with van der Waals surface area (Å²) in [4.78, 5) is 36.3. The van der Waals surface area contributed by atoms with Crippen LogP contribution in [0, 0.1) is 34.5 Å². The van der Waals surface area contributed by atoms with Gasteiger partial charge in [0.1, 0.15) is 5.60 Å². The SMILES string of the molecule is CC(=O)OCC(=O)[C@@]1(O)[C@H](C)C[C@H]2[C@H]3[C@H]([C@@H](O)C[C@@]21C)[C@@]1(C)C=CC(=O)C=C1C[C@@H]3O. The summed E-state index contributed by atoms with van der Waals surface area (Å²) in [5.74, 6) is -2.57. The lowest BCUT2D eigenvalue weighted by Crippen LogP contribution is -2.64. The van der Waals surface area contributed by atoms with Crippen LogP contribution in [-0.2, 0) is 19.1 Å². The van der Waals surface area contributed by atoms with E-state index in [0.717, 1.165) is 5.57 Å². The summed E-state index contributed by atoms with van der Waals surface area (Å²) in [6, 6.07) is 0. The first kappa shape index (κ1) is 22.4. The Morgan fingerprint density at radius 1 is 1.23 bits per heavy atom. The van der Waals surface area contributed by atoms with E-state index in [0.29, 0.717) is 12.8 Å². The van der Waals surface area contributed by atoms with Crippen molar-refractivity contribution in [1.82, 2.24) is 0 Å². The normalized spacial score (nSPS) is 48.4. The highest BCUT2D eigenvalue weighted by atomic mass is 16.5. The van der Waals surface area contributed by atoms with Crippen LogP contribution in [-0.4, -0.2) is 57.3 Å². The summed E-state index contributed by atoms with van der Waals surface area (Å²) in [5, 5.41) is 34.2. The summed E-state index contributed by atoms with van der Waals surface area (Å²) in [6.07, 6.45) is 4.28. The van der Waals surface area contributed by atoms with Crippen LogP contribution < -0.4 is 0 Å². The number of ketones is 2. The molecule has 9 atom stereocenters. The van der Waals surface area contributed by atoms with Gasteiger partial charge in [-0.2, -0.15) is 0 Å². The number of ether oxygens (including phenoxy) is 1. The fraction of sp³-hybridized carbons (Fsp3) is 0.708. The molecule has 0 aliphatic heterocycles. The highest BCUT2D eigenvalue weighted by molar-refractivity contribution is 6.01. The number of aliphatic hydroxyl groups is 3. The van der Waals surface area contributed by atoms with Gasteiger partial charge < -0.3 is 20.1 Å². The Morgan fingerprint density at radius 2 is 1.90 bits per heavy atom. The number of carbonyl (C=O) groups is 3. The molecule has 4 aliphatic rings. The molecule has 3 saturated carbocycles. The van der Waals surface area contributed by atoms with Crippen molar-refractivity contribution in [3.8, 4) is 0 Å². The monoisotopic (exact) mass is 432 g/mol. The minimum absolute atomic E-state index is 0.117. The molecule has 0 bridgehead atoms. The summed E-state index contributed by atoms with van der Waals surface area (Å²) in [5.41, 5.74) is -2.49. The zero-order valence-electron chi connectivity index (χ0n) is 18.5. The molecule has 4 rings (SSSR count). The average Bonchev–Trinajstić information content (AvgIpc) is 2.88. The summed E-state index contributed by atoms with van der Waals surface area (Å²) in [6.45, 7) is 6.31. The highest BCUT2D eigenvalue weighted by Crippen LogP contribution is 2.68. The van der Waals surface area contributed by atoms with Gasteiger partial charge in [-0.25, -0.2) is 0 Å². The van der Waals surface area contributed by atoms with Crippen LogP contribution in [0.4, 0.5) is 0 Å². The number of Topliss-reactive ketones (excluding diaryl/α,β-unsaturated/α-hetero) is 1. The molecular weight excluding hydrogens is 400 g/mol. The van der Waals surface area contributed by atoms with Crippen LogP contribution >= 0.6 is 0 Å². The van der Waals surface area contributed by atoms with E-state index in [1.54, 1.807) is 13.0 Å². The van der Waals surface area contributed by atoms with Crippen molar-refractivity contribution in [2.45, 2.75) is 64.8 Å². The second kappa shape index (κ2) is 7.09. The molecule has 7 nitrogen and oxygen atoms in total. The Hall–Kier alpha value is -1.83. The Balaban J connectivity index is 1.75. The number of rotatable bonds is 3. The Labute approximate surface area is 182 Å². The first-order valence-corrected chi connectivity index (χ1v) is 11.1. The van der Waals surface area contributed by atoms with Gasteiger partial charge in [0, 0.05) is 23.7 Å². The lowest BCUT2D eigenvalue weighted by Gasteiger charge is -2.60. The maximum atomic E-state index is 13.1. The van der Waals surface area contributed by atoms with E-state index in [1.807, 2.05) is 19.9 Å². The van der Waals surface area contributed by atoms with Crippen LogP contribution in [0.5, 0.6) is 0 Å². The van der Waals surface area contributed by atoms with Gasteiger partial charge in [0.05, 0.1) is 12.2 Å². The van der Waals surface area contributed by atoms with Crippen molar-refractivity contribution in [2.75, 3.05) is 6.61 Å². The number of esters is 1. The molecule has 0 heterocycles. The Kier molecular flexibility index (Phi) is 5.11. The molecule has 0 aromatic carbocycles. The molecule has 0 unspecified atom stereocenters. The third kappa shape index (κ3) is 2.93. The molecule has 0 spiro atoms.